The van der Waals surface area contributed by atoms with E-state index in [0.717, 1.165) is 18.9 Å². The maximum absolute atomic E-state index is 12.8. The van der Waals surface area contributed by atoms with Gasteiger partial charge in [-0.1, -0.05) is 11.6 Å². The Hall–Kier alpha value is -0.510. The van der Waals surface area contributed by atoms with Crippen molar-refractivity contribution in [3.05, 3.63) is 11.6 Å². The maximum Gasteiger partial charge on any atom is 0.403 e. The molecule has 0 bridgehead atoms. The van der Waals surface area contributed by atoms with Gasteiger partial charge in [-0.05, 0) is 32.6 Å². The normalized spacial score (nSPS) is 21.3. The van der Waals surface area contributed by atoms with Gasteiger partial charge in [0.2, 0.25) is 0 Å². The molecule has 1 saturated heterocycles. The lowest BCUT2D eigenvalue weighted by Gasteiger charge is -2.39. The number of piperazine rings is 1. The number of rotatable bonds is 4. The lowest BCUT2D eigenvalue weighted by atomic mass is 10.2. The van der Waals surface area contributed by atoms with Crippen molar-refractivity contribution in [2.75, 3.05) is 39.8 Å². The van der Waals surface area contributed by atoms with Gasteiger partial charge in [0, 0.05) is 39.8 Å². The molecule has 1 fully saturated rings. The fraction of sp³-hybridized carbons (Fsp3) is 0.812. The predicted molar refractivity (Wildman–Crippen MR) is 102 cm³/mol. The lowest BCUT2D eigenvalue weighted by Crippen LogP contribution is -2.56. The third kappa shape index (κ3) is 6.09. The molecule has 2 aliphatic rings. The predicted octanol–water partition coefficient (Wildman–Crippen LogP) is 3.25. The average Bonchev–Trinajstić information content (AvgIpc) is 3.03. The summed E-state index contributed by atoms with van der Waals surface area (Å²) in [5, 5.41) is 3.33. The van der Waals surface area contributed by atoms with E-state index < -0.39 is 12.2 Å². The molecule has 0 saturated carbocycles. The van der Waals surface area contributed by atoms with Crippen molar-refractivity contribution >= 4 is 29.9 Å². The molecule has 140 valence electrons. The molecule has 2 rings (SSSR count). The van der Waals surface area contributed by atoms with Gasteiger partial charge < -0.3 is 10.2 Å². The highest BCUT2D eigenvalue weighted by atomic mass is 127. The molecule has 4 nitrogen and oxygen atoms in total. The molecule has 1 atom stereocenters. The van der Waals surface area contributed by atoms with E-state index >= 15 is 0 Å². The van der Waals surface area contributed by atoms with Crippen LogP contribution in [0.25, 0.3) is 0 Å². The molecule has 1 N–H and O–H groups in total. The van der Waals surface area contributed by atoms with Gasteiger partial charge in [-0.15, -0.1) is 24.0 Å². The van der Waals surface area contributed by atoms with Crippen LogP contribution in [0.4, 0.5) is 13.2 Å². The van der Waals surface area contributed by atoms with Crippen LogP contribution in [0.1, 0.15) is 32.6 Å². The zero-order valence-electron chi connectivity index (χ0n) is 14.4. The monoisotopic (exact) mass is 460 g/mol. The van der Waals surface area contributed by atoms with Gasteiger partial charge in [0.25, 0.3) is 0 Å². The molecule has 0 aromatic carbocycles. The van der Waals surface area contributed by atoms with Crippen molar-refractivity contribution in [1.82, 2.24) is 15.1 Å². The van der Waals surface area contributed by atoms with Gasteiger partial charge in [-0.2, -0.15) is 13.2 Å². The zero-order chi connectivity index (χ0) is 16.9. The fourth-order valence-electron chi connectivity index (χ4n) is 3.16. The Kier molecular flexibility index (Phi) is 8.83. The summed E-state index contributed by atoms with van der Waals surface area (Å²) in [6.07, 6.45) is 2.80. The molecule has 1 unspecified atom stereocenters. The number of guanidine groups is 1. The summed E-state index contributed by atoms with van der Waals surface area (Å²) in [4.78, 5) is 7.80. The van der Waals surface area contributed by atoms with Gasteiger partial charge in [-0.25, -0.2) is 0 Å². The number of aliphatic imine (C=N–C) groups is 1. The van der Waals surface area contributed by atoms with Crippen LogP contribution in [0.3, 0.4) is 0 Å². The Morgan fingerprint density at radius 2 is 1.96 bits per heavy atom. The number of alkyl halides is 3. The first-order chi connectivity index (χ1) is 10.9. The van der Waals surface area contributed by atoms with E-state index in [1.54, 1.807) is 7.05 Å². The summed E-state index contributed by atoms with van der Waals surface area (Å²) in [5.74, 6) is 0.794. The van der Waals surface area contributed by atoms with Crippen LogP contribution in [0.15, 0.2) is 16.6 Å². The van der Waals surface area contributed by atoms with E-state index in [9.17, 15) is 13.2 Å². The van der Waals surface area contributed by atoms with Crippen LogP contribution in [-0.2, 0) is 0 Å². The lowest BCUT2D eigenvalue weighted by molar-refractivity contribution is -0.181. The SMILES string of the molecule is CN=C(NCCC1=CCCC1)N1CCN(C(C)C(F)(F)F)CC1.I. The minimum Gasteiger partial charge on any atom is -0.356 e. The summed E-state index contributed by atoms with van der Waals surface area (Å²) in [6, 6.07) is -1.38. The van der Waals surface area contributed by atoms with Gasteiger partial charge in [0.1, 0.15) is 6.04 Å². The smallest absolute Gasteiger partial charge is 0.356 e. The number of hydrogen-bond donors (Lipinski definition) is 1. The quantitative estimate of drug-likeness (QED) is 0.303. The maximum atomic E-state index is 12.8. The Morgan fingerprint density at radius 1 is 1.29 bits per heavy atom. The van der Waals surface area contributed by atoms with Crippen molar-refractivity contribution < 1.29 is 13.2 Å². The highest BCUT2D eigenvalue weighted by Gasteiger charge is 2.41. The largest absolute Gasteiger partial charge is 0.403 e. The van der Waals surface area contributed by atoms with Crippen molar-refractivity contribution in [3.8, 4) is 0 Å². The second-order valence-electron chi connectivity index (χ2n) is 6.22. The molecule has 0 aromatic heterocycles. The summed E-state index contributed by atoms with van der Waals surface area (Å²) in [7, 11) is 1.72. The number of halogens is 4. The molecule has 1 heterocycles. The number of hydrogen-bond acceptors (Lipinski definition) is 2. The standard InChI is InChI=1S/C16H27F3N4.HI/c1-13(16(17,18)19)22-9-11-23(12-10-22)15(20-2)21-8-7-14-5-3-4-6-14;/h5,13H,3-4,6-12H2,1-2H3,(H,20,21);1H. The second kappa shape index (κ2) is 9.84. The van der Waals surface area contributed by atoms with Gasteiger partial charge >= 0.3 is 6.18 Å². The van der Waals surface area contributed by atoms with Gasteiger partial charge in [0.15, 0.2) is 5.96 Å². The van der Waals surface area contributed by atoms with Crippen LogP contribution in [-0.4, -0.2) is 67.7 Å². The molecule has 0 amide bonds. The number of nitrogens with one attached hydrogen (secondary N) is 1. The number of nitrogens with zero attached hydrogens (tertiary/aromatic N) is 3. The van der Waals surface area contributed by atoms with E-state index in [1.165, 1.54) is 36.7 Å². The Morgan fingerprint density at radius 3 is 2.46 bits per heavy atom. The average molecular weight is 460 g/mol. The minimum atomic E-state index is -4.16. The third-order valence-electron chi connectivity index (χ3n) is 4.71. The van der Waals surface area contributed by atoms with E-state index in [0.29, 0.717) is 26.2 Å². The van der Waals surface area contributed by atoms with Crippen LogP contribution < -0.4 is 5.32 Å². The van der Waals surface area contributed by atoms with Crippen LogP contribution in [0, 0.1) is 0 Å². The molecule has 0 aromatic rings. The van der Waals surface area contributed by atoms with E-state index in [-0.39, 0.29) is 24.0 Å². The second-order valence-corrected chi connectivity index (χ2v) is 6.22. The van der Waals surface area contributed by atoms with Crippen molar-refractivity contribution in [3.63, 3.8) is 0 Å². The highest BCUT2D eigenvalue weighted by Crippen LogP contribution is 2.25. The molecular weight excluding hydrogens is 432 g/mol. The van der Waals surface area contributed by atoms with Crippen molar-refractivity contribution in [2.24, 2.45) is 4.99 Å². The van der Waals surface area contributed by atoms with Crippen molar-refractivity contribution in [2.45, 2.75) is 44.8 Å². The van der Waals surface area contributed by atoms with Crippen LogP contribution in [0.5, 0.6) is 0 Å². The third-order valence-corrected chi connectivity index (χ3v) is 4.71. The van der Waals surface area contributed by atoms with E-state index in [4.69, 9.17) is 0 Å². The molecule has 8 heteroatoms. The fourth-order valence-corrected chi connectivity index (χ4v) is 3.16. The van der Waals surface area contributed by atoms with Crippen molar-refractivity contribution in [1.29, 1.82) is 0 Å². The highest BCUT2D eigenvalue weighted by molar-refractivity contribution is 14.0. The molecule has 1 aliphatic carbocycles. The van der Waals surface area contributed by atoms with Crippen LogP contribution >= 0.6 is 24.0 Å². The first-order valence-corrected chi connectivity index (χ1v) is 8.36. The summed E-state index contributed by atoms with van der Waals surface area (Å²) in [6.45, 7) is 4.03. The zero-order valence-corrected chi connectivity index (χ0v) is 16.7. The Bertz CT molecular complexity index is 443. The Labute approximate surface area is 159 Å². The molecule has 0 radical (unpaired) electrons. The molecule has 24 heavy (non-hydrogen) atoms. The van der Waals surface area contributed by atoms with E-state index in [1.807, 2.05) is 4.90 Å². The minimum absolute atomic E-state index is 0. The summed E-state index contributed by atoms with van der Waals surface area (Å²) < 4.78 is 38.3. The topological polar surface area (TPSA) is 30.9 Å². The van der Waals surface area contributed by atoms with E-state index in [2.05, 4.69) is 16.4 Å². The summed E-state index contributed by atoms with van der Waals surface area (Å²) >= 11 is 0. The first kappa shape index (κ1) is 21.5. The molecule has 0 spiro atoms. The van der Waals surface area contributed by atoms with Gasteiger partial charge in [0.05, 0.1) is 0 Å². The number of allylic oxidation sites excluding steroid dienone is 1. The molecule has 1 aliphatic heterocycles. The first-order valence-electron chi connectivity index (χ1n) is 8.36. The van der Waals surface area contributed by atoms with Gasteiger partial charge in [-0.3, -0.25) is 9.89 Å². The summed E-state index contributed by atoms with van der Waals surface area (Å²) in [5.41, 5.74) is 1.50. The molecular formula is C16H28F3IN4. The Balaban J connectivity index is 0.00000288. The van der Waals surface area contributed by atoms with Crippen LogP contribution in [0.2, 0.25) is 0 Å².